The second-order valence-corrected chi connectivity index (χ2v) is 9.74. The zero-order valence-electron chi connectivity index (χ0n) is 16.5. The quantitative estimate of drug-likeness (QED) is 0.726. The topological polar surface area (TPSA) is 74.1 Å². The highest BCUT2D eigenvalue weighted by Crippen LogP contribution is 2.24. The lowest BCUT2D eigenvalue weighted by atomic mass is 10.0. The standard InChI is InChI=1S/C20H27N3O4S/c1-15-11-18-17(13-20(24)27-19(18)12-16(15)2)14-21-7-9-23(10-8-21)28(25,26)22-5-3-4-6-22/h11-13H,3-10,14H2,1-2H3. The molecule has 4 rings (SSSR count). The molecule has 28 heavy (non-hydrogen) atoms. The van der Waals surface area contributed by atoms with E-state index in [0.29, 0.717) is 51.4 Å². The summed E-state index contributed by atoms with van der Waals surface area (Å²) in [7, 11) is -3.33. The summed E-state index contributed by atoms with van der Waals surface area (Å²) in [6.07, 6.45) is 1.89. The number of benzene rings is 1. The van der Waals surface area contributed by atoms with Gasteiger partial charge in [-0.15, -0.1) is 0 Å². The fourth-order valence-electron chi connectivity index (χ4n) is 4.06. The van der Waals surface area contributed by atoms with Gasteiger partial charge < -0.3 is 4.42 Å². The van der Waals surface area contributed by atoms with Crippen LogP contribution in [-0.4, -0.2) is 61.2 Å². The van der Waals surface area contributed by atoms with Crippen LogP contribution >= 0.6 is 0 Å². The first-order valence-electron chi connectivity index (χ1n) is 9.86. The lowest BCUT2D eigenvalue weighted by Crippen LogP contribution is -2.52. The Morgan fingerprint density at radius 3 is 2.18 bits per heavy atom. The molecule has 2 aromatic rings. The van der Waals surface area contributed by atoms with Gasteiger partial charge in [-0.3, -0.25) is 4.90 Å². The maximum atomic E-state index is 12.7. The van der Waals surface area contributed by atoms with E-state index in [9.17, 15) is 13.2 Å². The molecule has 0 saturated carbocycles. The molecule has 2 saturated heterocycles. The number of hydrogen-bond donors (Lipinski definition) is 0. The van der Waals surface area contributed by atoms with E-state index in [1.807, 2.05) is 19.9 Å². The third-order valence-corrected chi connectivity index (χ3v) is 7.92. The van der Waals surface area contributed by atoms with Crippen molar-refractivity contribution in [1.82, 2.24) is 13.5 Å². The van der Waals surface area contributed by atoms with Gasteiger partial charge >= 0.3 is 5.63 Å². The Hall–Kier alpha value is -1.74. The third-order valence-electron chi connectivity index (χ3n) is 5.89. The van der Waals surface area contributed by atoms with Crippen LogP contribution in [0, 0.1) is 13.8 Å². The molecule has 0 spiro atoms. The van der Waals surface area contributed by atoms with Gasteiger partial charge in [-0.2, -0.15) is 17.0 Å². The summed E-state index contributed by atoms with van der Waals surface area (Å²) in [5.74, 6) is 0. The molecule has 0 bridgehead atoms. The van der Waals surface area contributed by atoms with Crippen LogP contribution in [0.2, 0.25) is 0 Å². The molecule has 2 aliphatic heterocycles. The van der Waals surface area contributed by atoms with Crippen LogP contribution in [0.15, 0.2) is 27.4 Å². The van der Waals surface area contributed by atoms with Crippen molar-refractivity contribution in [3.8, 4) is 0 Å². The number of piperazine rings is 1. The normalized spacial score (nSPS) is 20.2. The van der Waals surface area contributed by atoms with Crippen LogP contribution < -0.4 is 5.63 Å². The second kappa shape index (κ2) is 7.59. The Balaban J connectivity index is 1.49. The van der Waals surface area contributed by atoms with E-state index in [4.69, 9.17) is 4.42 Å². The van der Waals surface area contributed by atoms with E-state index >= 15 is 0 Å². The van der Waals surface area contributed by atoms with Gasteiger partial charge in [0.15, 0.2) is 0 Å². The first-order chi connectivity index (χ1) is 13.3. The van der Waals surface area contributed by atoms with Gasteiger partial charge in [0.2, 0.25) is 0 Å². The average Bonchev–Trinajstić information content (AvgIpc) is 3.19. The molecule has 0 unspecified atom stereocenters. The van der Waals surface area contributed by atoms with E-state index in [0.717, 1.165) is 34.9 Å². The smallest absolute Gasteiger partial charge is 0.336 e. The Morgan fingerprint density at radius 2 is 1.50 bits per heavy atom. The summed E-state index contributed by atoms with van der Waals surface area (Å²) in [6.45, 7) is 8.20. The van der Waals surface area contributed by atoms with E-state index < -0.39 is 10.2 Å². The number of nitrogens with zero attached hydrogens (tertiary/aromatic N) is 3. The van der Waals surface area contributed by atoms with Crippen LogP contribution in [0.25, 0.3) is 11.0 Å². The van der Waals surface area contributed by atoms with Gasteiger partial charge in [-0.05, 0) is 55.5 Å². The molecule has 2 aliphatic rings. The average molecular weight is 406 g/mol. The second-order valence-electron chi connectivity index (χ2n) is 7.81. The molecule has 0 amide bonds. The Labute approximate surface area is 165 Å². The zero-order chi connectivity index (χ0) is 19.9. The predicted octanol–water partition coefficient (Wildman–Crippen LogP) is 1.87. The maximum absolute atomic E-state index is 12.7. The van der Waals surface area contributed by atoms with Crippen molar-refractivity contribution in [3.05, 3.63) is 45.3 Å². The first-order valence-corrected chi connectivity index (χ1v) is 11.3. The van der Waals surface area contributed by atoms with Gasteiger partial charge in [0.25, 0.3) is 10.2 Å². The molecule has 0 N–H and O–H groups in total. The Kier molecular flexibility index (Phi) is 5.30. The van der Waals surface area contributed by atoms with Gasteiger partial charge in [0.1, 0.15) is 5.58 Å². The molecular weight excluding hydrogens is 378 g/mol. The molecule has 7 nitrogen and oxygen atoms in total. The molecule has 1 aromatic heterocycles. The predicted molar refractivity (Wildman–Crippen MR) is 109 cm³/mol. The molecule has 0 aliphatic carbocycles. The van der Waals surface area contributed by atoms with Crippen molar-refractivity contribution >= 4 is 21.2 Å². The van der Waals surface area contributed by atoms with E-state index in [1.165, 1.54) is 0 Å². The Bertz CT molecular complexity index is 1030. The van der Waals surface area contributed by atoms with Crippen LogP contribution in [0.4, 0.5) is 0 Å². The van der Waals surface area contributed by atoms with E-state index in [-0.39, 0.29) is 5.63 Å². The molecule has 152 valence electrons. The van der Waals surface area contributed by atoms with Crippen LogP contribution in [0.3, 0.4) is 0 Å². The third kappa shape index (κ3) is 3.74. The van der Waals surface area contributed by atoms with Gasteiger partial charge in [-0.25, -0.2) is 4.79 Å². The van der Waals surface area contributed by atoms with Crippen molar-refractivity contribution in [3.63, 3.8) is 0 Å². The number of aryl methyl sites for hydroxylation is 2. The van der Waals surface area contributed by atoms with Crippen LogP contribution in [-0.2, 0) is 16.8 Å². The lowest BCUT2D eigenvalue weighted by molar-refractivity contribution is 0.176. The Morgan fingerprint density at radius 1 is 0.893 bits per heavy atom. The summed E-state index contributed by atoms with van der Waals surface area (Å²) in [4.78, 5) is 14.2. The molecule has 2 fully saturated rings. The highest BCUT2D eigenvalue weighted by molar-refractivity contribution is 7.86. The molecular formula is C20H27N3O4S. The minimum atomic E-state index is -3.33. The minimum Gasteiger partial charge on any atom is -0.423 e. The van der Waals surface area contributed by atoms with Gasteiger partial charge in [0, 0.05) is 57.3 Å². The summed E-state index contributed by atoms with van der Waals surface area (Å²) in [5, 5.41) is 0.954. The summed E-state index contributed by atoms with van der Waals surface area (Å²) < 4.78 is 34.0. The largest absolute Gasteiger partial charge is 0.423 e. The van der Waals surface area contributed by atoms with Crippen molar-refractivity contribution in [2.75, 3.05) is 39.3 Å². The fourth-order valence-corrected chi connectivity index (χ4v) is 5.73. The summed E-state index contributed by atoms with van der Waals surface area (Å²) in [5.41, 5.74) is 3.45. The molecule has 1 aromatic carbocycles. The zero-order valence-corrected chi connectivity index (χ0v) is 17.3. The molecule has 3 heterocycles. The van der Waals surface area contributed by atoms with Crippen molar-refractivity contribution < 1.29 is 12.8 Å². The highest BCUT2D eigenvalue weighted by Gasteiger charge is 2.33. The SMILES string of the molecule is Cc1cc2oc(=O)cc(CN3CCN(S(=O)(=O)N4CCCC4)CC3)c2cc1C. The number of hydrogen-bond acceptors (Lipinski definition) is 5. The molecule has 8 heteroatoms. The molecule has 0 radical (unpaired) electrons. The number of rotatable bonds is 4. The monoisotopic (exact) mass is 405 g/mol. The lowest BCUT2D eigenvalue weighted by Gasteiger charge is -2.35. The summed E-state index contributed by atoms with van der Waals surface area (Å²) in [6, 6.07) is 5.54. The van der Waals surface area contributed by atoms with Crippen molar-refractivity contribution in [2.24, 2.45) is 0 Å². The molecule has 0 atom stereocenters. The van der Waals surface area contributed by atoms with Crippen molar-refractivity contribution in [1.29, 1.82) is 0 Å². The van der Waals surface area contributed by atoms with Crippen molar-refractivity contribution in [2.45, 2.75) is 33.2 Å². The highest BCUT2D eigenvalue weighted by atomic mass is 32.2. The van der Waals surface area contributed by atoms with Crippen LogP contribution in [0.1, 0.15) is 29.5 Å². The van der Waals surface area contributed by atoms with Gasteiger partial charge in [-0.1, -0.05) is 0 Å². The van der Waals surface area contributed by atoms with E-state index in [1.54, 1.807) is 14.7 Å². The minimum absolute atomic E-state index is 0.346. The maximum Gasteiger partial charge on any atom is 0.336 e. The van der Waals surface area contributed by atoms with E-state index in [2.05, 4.69) is 11.0 Å². The van der Waals surface area contributed by atoms with Crippen LogP contribution in [0.5, 0.6) is 0 Å². The van der Waals surface area contributed by atoms with Gasteiger partial charge in [0.05, 0.1) is 0 Å². The number of fused-ring (bicyclic) bond motifs is 1. The summed E-state index contributed by atoms with van der Waals surface area (Å²) >= 11 is 0. The first kappa shape index (κ1) is 19.6. The fraction of sp³-hybridized carbons (Fsp3) is 0.550.